The van der Waals surface area contributed by atoms with Gasteiger partial charge >= 0.3 is 85.6 Å². The molecule has 7 heterocycles. The zero-order chi connectivity index (χ0) is 82.4. The predicted octanol–water partition coefficient (Wildman–Crippen LogP) is 15.0. The van der Waals surface area contributed by atoms with Gasteiger partial charge in [-0.3, -0.25) is 9.59 Å². The van der Waals surface area contributed by atoms with Crippen molar-refractivity contribution in [1.29, 1.82) is 10.5 Å². The molecule has 0 unspecified atom stereocenters. The van der Waals surface area contributed by atoms with Gasteiger partial charge in [-0.2, -0.15) is 10.5 Å². The first kappa shape index (κ1) is 92.5. The number of alkyl halides is 17. The maximum absolute atomic E-state index is 12.8. The first-order valence-corrected chi connectivity index (χ1v) is 36.5. The summed E-state index contributed by atoms with van der Waals surface area (Å²) in [6, 6.07) is 33.2. The summed E-state index contributed by atoms with van der Waals surface area (Å²) in [5.74, 6) is -1.90. The largest absolute Gasteiger partial charge is 1.00 e. The van der Waals surface area contributed by atoms with Crippen molar-refractivity contribution in [1.82, 2.24) is 0 Å². The number of aliphatic carboxylic acids is 1. The Kier molecular flexibility index (Phi) is 29.8. The summed E-state index contributed by atoms with van der Waals surface area (Å²) in [5, 5.41) is 44.2. The fraction of sp³-hybridized carbons (Fsp3) is 0.309. The second-order valence-corrected chi connectivity index (χ2v) is 27.9. The number of rotatable bonds is 10. The Morgan fingerprint density at radius 2 is 0.702 bits per heavy atom. The molecule has 7 aliphatic heterocycles. The molecule has 0 amide bonds. The van der Waals surface area contributed by atoms with Crippen molar-refractivity contribution in [2.24, 2.45) is 0 Å². The van der Waals surface area contributed by atoms with Crippen LogP contribution in [0.3, 0.4) is 0 Å². The van der Waals surface area contributed by atoms with Gasteiger partial charge in [0, 0.05) is 38.5 Å². The predicted molar refractivity (Wildman–Crippen MR) is 363 cm³/mol. The molecule has 608 valence electrons. The molecule has 0 saturated heterocycles. The van der Waals surface area contributed by atoms with Crippen LogP contribution in [0.4, 0.5) is 61.5 Å². The average molecular weight is 1820 g/mol. The van der Waals surface area contributed by atoms with Gasteiger partial charge in [0.2, 0.25) is 14.5 Å². The summed E-state index contributed by atoms with van der Waals surface area (Å²) < 4.78 is 245. The molecule has 7 aromatic carbocycles. The minimum absolute atomic E-state index is 0. The number of hydrogen-bond donors (Lipinski definition) is 3. The number of nitriles is 2. The molecule has 0 spiro atoms. The van der Waals surface area contributed by atoms with E-state index in [4.69, 9.17) is 64.9 Å². The van der Waals surface area contributed by atoms with E-state index in [-0.39, 0.29) is 140 Å². The van der Waals surface area contributed by atoms with Crippen LogP contribution in [0.1, 0.15) is 82.3 Å². The third-order valence-electron chi connectivity index (χ3n) is 15.8. The smallest absolute Gasteiger partial charge is 0.870 e. The number of nitrogens with zero attached hydrogens (tertiary/aromatic N) is 2. The number of carboxylic acid groups (broad SMARTS) is 2. The van der Waals surface area contributed by atoms with Gasteiger partial charge in [-0.05, 0) is 175 Å². The number of aliphatic hydroxyl groups is 1. The minimum atomic E-state index is -3.71. The number of ether oxygens (including phenoxy) is 14. The van der Waals surface area contributed by atoms with E-state index >= 15 is 0 Å². The number of aromatic carboxylic acids is 1. The van der Waals surface area contributed by atoms with Crippen LogP contribution >= 0.6 is 72.1 Å². The third kappa shape index (κ3) is 24.0. The van der Waals surface area contributed by atoms with E-state index in [9.17, 15) is 75.8 Å². The van der Waals surface area contributed by atoms with Gasteiger partial charge in [-0.25, -0.2) is 9.00 Å². The molecule has 24 nitrogen and oxygen atoms in total. The average Bonchev–Trinajstić information content (AvgIpc) is 1.60. The van der Waals surface area contributed by atoms with E-state index in [0.29, 0.717) is 59.4 Å². The zero-order valence-corrected chi connectivity index (χ0v) is 65.1. The molecule has 3 fully saturated rings. The molecule has 0 atom stereocenters. The Morgan fingerprint density at radius 1 is 0.430 bits per heavy atom. The Morgan fingerprint density at radius 3 is 0.991 bits per heavy atom. The van der Waals surface area contributed by atoms with E-state index in [1.165, 1.54) is 84.9 Å². The number of aliphatic hydroxyl groups excluding tert-OH is 1. The standard InChI is InChI=1S/C11H7ClF2O3.C11H7F2NO2.C11H8F2O4.C9H5F2NO2.C8H5ClF2O2.C8H4F2O4.C8H6F2O3.C2H4BrCl.Cl2OS.Na.H2O/c12-9(15)10(3-4-10)6-1-2-7-8(5-6)17-11(13,14)16-7;12-11(13)15-8-2-1-7(5-9(8)16-11)10(6-14)3-4-10;12-11(13)16-7-2-1-6(5-8(7)17-11)10(3-4-10)9(14)15;10-9(11)13-7-2-1-6(3-4-12)5-8(7)14-9;9-4-5-1-2-6-7(3-5)13-8(10,11)12-6;9-8(10)13-5-2-1-4(7(11)12)3-6(5)14-8;9-8(10)12-6-2-1-5(4-11)3-7(6)13-8;3-1-2-4;1-4(2)3;;/h1-2,5H,3-4H2;1-2,5H,3-4H2;1-2,5H,3-4H2,(H,14,15);1-2,5H,3H2;1-3H,4H2;1-3H,(H,11,12);1-3,11H,4H2;1-2H2;;;1H2/q;;;;;;;;;+1;/p-1. The second kappa shape index (κ2) is 36.7. The fourth-order valence-electron chi connectivity index (χ4n) is 10.2. The number of carboxylic acids is 2. The van der Waals surface area contributed by atoms with Gasteiger partial charge in [0.15, 0.2) is 80.5 Å². The summed E-state index contributed by atoms with van der Waals surface area (Å²) in [6.45, 7) is -0.220. The van der Waals surface area contributed by atoms with E-state index in [2.05, 4.69) is 110 Å². The summed E-state index contributed by atoms with van der Waals surface area (Å²) in [5.41, 5.74) is 1.32. The molecule has 0 radical (unpaired) electrons. The first-order chi connectivity index (χ1) is 52.3. The number of benzene rings is 7. The Bertz CT molecular complexity index is 4650. The number of halogens is 20. The van der Waals surface area contributed by atoms with Crippen LogP contribution < -0.4 is 95.9 Å². The van der Waals surface area contributed by atoms with Crippen molar-refractivity contribution in [3.8, 4) is 92.6 Å². The molecule has 46 heteroatoms. The summed E-state index contributed by atoms with van der Waals surface area (Å²) in [7, 11) is 7.36. The third-order valence-corrected chi connectivity index (χ3v) is 17.6. The Balaban J connectivity index is 0.000000181. The molecular weight excluding hydrogens is 1770 g/mol. The number of hydrogen-bond acceptors (Lipinski definition) is 22. The second-order valence-electron chi connectivity index (χ2n) is 23.6. The molecule has 10 aliphatic rings. The van der Waals surface area contributed by atoms with Crippen molar-refractivity contribution in [2.45, 2.75) is 118 Å². The van der Waals surface area contributed by atoms with E-state index in [0.717, 1.165) is 41.9 Å². The summed E-state index contributed by atoms with van der Waals surface area (Å²) in [4.78, 5) is 32.9. The van der Waals surface area contributed by atoms with Gasteiger partial charge in [0.25, 0.3) is 0 Å². The van der Waals surface area contributed by atoms with Crippen LogP contribution in [0.15, 0.2) is 127 Å². The van der Waals surface area contributed by atoms with Crippen molar-refractivity contribution in [3.05, 3.63) is 166 Å². The monoisotopic (exact) mass is 1820 g/mol. The van der Waals surface area contributed by atoms with Crippen molar-refractivity contribution >= 4 is 98.5 Å². The van der Waals surface area contributed by atoms with Crippen LogP contribution in [0.2, 0.25) is 0 Å². The number of carbonyl (C=O) groups excluding carboxylic acids is 1. The molecule has 4 N–H and O–H groups in total. The zero-order valence-electron chi connectivity index (χ0n) is 56.9. The van der Waals surface area contributed by atoms with E-state index in [1.54, 1.807) is 24.3 Å². The van der Waals surface area contributed by atoms with E-state index < -0.39 is 86.7 Å². The van der Waals surface area contributed by atoms with Crippen LogP contribution in [0.5, 0.6) is 80.5 Å². The normalized spacial score (nSPS) is 18.4. The van der Waals surface area contributed by atoms with Gasteiger partial charge in [0.1, 0.15) is 0 Å². The van der Waals surface area contributed by atoms with E-state index in [1.807, 2.05) is 6.07 Å². The quantitative estimate of drug-likeness (QED) is 0.0495. The fourth-order valence-corrected chi connectivity index (χ4v) is 10.7. The van der Waals surface area contributed by atoms with Gasteiger partial charge in [-0.15, -0.1) is 84.7 Å². The number of fused-ring (bicyclic) bond motifs is 7. The SMILES string of the molecule is ClCCBr.FC1(F)Oc2ccc(CCl)cc2O1.N#CC1(c2ccc3c(c2)OC(F)(F)O3)CC1.N#CCc1ccc2c(c1)OC(F)(F)O2.O=C(Cl)C1(c2ccc3c(c2)OC(F)(F)O3)CC1.O=C(O)C1(c2ccc3c(c2)OC(F)(F)O3)CC1.O=C(O)c1ccc2c(c1)OC(F)(F)O2.O=S(Cl)Cl.OCc1ccc2c(c1)OC(F)(F)O2.[Na+].[OH-]. The Labute approximate surface area is 688 Å². The Hall–Kier alpha value is -8.65. The molecule has 7 aromatic rings. The van der Waals surface area contributed by atoms with Crippen LogP contribution in [0, 0.1) is 22.7 Å². The maximum atomic E-state index is 12.8. The van der Waals surface area contributed by atoms with Crippen LogP contribution in [0.25, 0.3) is 0 Å². The maximum Gasteiger partial charge on any atom is 1.00 e. The van der Waals surface area contributed by atoms with Gasteiger partial charge in [-0.1, -0.05) is 52.3 Å². The van der Waals surface area contributed by atoms with Crippen molar-refractivity contribution in [3.63, 3.8) is 0 Å². The minimum Gasteiger partial charge on any atom is -0.870 e. The van der Waals surface area contributed by atoms with Crippen molar-refractivity contribution < 1.29 is 197 Å². The molecule has 114 heavy (non-hydrogen) atoms. The van der Waals surface area contributed by atoms with Crippen LogP contribution in [-0.4, -0.2) is 97.5 Å². The molecule has 0 bridgehead atoms. The van der Waals surface area contributed by atoms with Crippen molar-refractivity contribution in [2.75, 3.05) is 11.2 Å². The molecular formula is C68H47BrCl5F14N2NaO22S. The van der Waals surface area contributed by atoms with Gasteiger partial charge < -0.3 is 87.1 Å². The number of carbonyl (C=O) groups is 3. The van der Waals surface area contributed by atoms with Gasteiger partial charge in [0.05, 0.1) is 47.0 Å². The van der Waals surface area contributed by atoms with Crippen LogP contribution in [-0.2, 0) is 54.0 Å². The molecule has 3 aliphatic carbocycles. The summed E-state index contributed by atoms with van der Waals surface area (Å²) >= 11 is 19.3. The summed E-state index contributed by atoms with van der Waals surface area (Å²) in [6.07, 6.45) is -21.4. The molecule has 17 rings (SSSR count). The molecule has 3 saturated carbocycles. The molecule has 0 aromatic heterocycles. The topological polar surface area (TPSA) is 336 Å². The first-order valence-electron chi connectivity index (χ1n) is 31.1.